The molecule has 0 atom stereocenters. The maximum atomic E-state index is 10.6. The quantitative estimate of drug-likeness (QED) is 0.522. The van der Waals surface area contributed by atoms with Gasteiger partial charge in [-0.2, -0.15) is 5.10 Å². The van der Waals surface area contributed by atoms with Crippen molar-refractivity contribution in [3.8, 4) is 5.75 Å². The standard InChI is InChI=1S/C13H10Cl2N4O3/c1-18(12-3-2-10(7-16-12)19(21)22)17-6-8-4-9(14)5-11(15)13(8)20/h2-7,20H,1H3/b17-6-. The molecule has 0 aliphatic rings. The first-order valence-electron chi connectivity index (χ1n) is 5.94. The number of rotatable bonds is 4. The van der Waals surface area contributed by atoms with Gasteiger partial charge in [-0.3, -0.25) is 15.1 Å². The molecule has 1 aromatic carbocycles. The van der Waals surface area contributed by atoms with Crippen LogP contribution in [0, 0.1) is 10.1 Å². The molecule has 1 aromatic heterocycles. The molecule has 0 amide bonds. The number of anilines is 1. The summed E-state index contributed by atoms with van der Waals surface area (Å²) in [5, 5.41) is 26.3. The van der Waals surface area contributed by atoms with Crippen molar-refractivity contribution < 1.29 is 10.0 Å². The molecule has 0 fully saturated rings. The Balaban J connectivity index is 2.21. The predicted octanol–water partition coefficient (Wildman–Crippen LogP) is 3.47. The smallest absolute Gasteiger partial charge is 0.287 e. The van der Waals surface area contributed by atoms with Crippen LogP contribution in [-0.4, -0.2) is 28.3 Å². The van der Waals surface area contributed by atoms with Crippen LogP contribution in [0.15, 0.2) is 35.6 Å². The Morgan fingerprint density at radius 2 is 2.14 bits per heavy atom. The van der Waals surface area contributed by atoms with E-state index in [1.807, 2.05) is 0 Å². The Kier molecular flexibility index (Phi) is 4.79. The van der Waals surface area contributed by atoms with Gasteiger partial charge in [0.15, 0.2) is 0 Å². The first-order valence-corrected chi connectivity index (χ1v) is 6.70. The fraction of sp³-hybridized carbons (Fsp3) is 0.0769. The van der Waals surface area contributed by atoms with Crippen molar-refractivity contribution in [1.82, 2.24) is 4.98 Å². The molecule has 0 saturated carbocycles. The monoisotopic (exact) mass is 340 g/mol. The van der Waals surface area contributed by atoms with Gasteiger partial charge in [0, 0.05) is 23.7 Å². The third kappa shape index (κ3) is 3.63. The summed E-state index contributed by atoms with van der Waals surface area (Å²) in [6, 6.07) is 5.70. The van der Waals surface area contributed by atoms with Gasteiger partial charge in [-0.25, -0.2) is 4.98 Å². The Hall–Kier alpha value is -2.38. The van der Waals surface area contributed by atoms with Crippen LogP contribution < -0.4 is 5.01 Å². The van der Waals surface area contributed by atoms with Crippen LogP contribution in [0.4, 0.5) is 11.5 Å². The molecule has 0 saturated heterocycles. The molecule has 2 rings (SSSR count). The number of halogens is 2. The Bertz CT molecular complexity index is 735. The highest BCUT2D eigenvalue weighted by atomic mass is 35.5. The largest absolute Gasteiger partial charge is 0.506 e. The highest BCUT2D eigenvalue weighted by Crippen LogP contribution is 2.30. The van der Waals surface area contributed by atoms with Crippen molar-refractivity contribution in [2.75, 3.05) is 12.1 Å². The second-order valence-electron chi connectivity index (χ2n) is 4.23. The highest BCUT2D eigenvalue weighted by Gasteiger charge is 2.09. The van der Waals surface area contributed by atoms with E-state index in [4.69, 9.17) is 23.2 Å². The number of hydrogen-bond donors (Lipinski definition) is 1. The molecule has 1 N–H and O–H groups in total. The maximum absolute atomic E-state index is 10.6. The number of nitrogens with zero attached hydrogens (tertiary/aromatic N) is 4. The zero-order chi connectivity index (χ0) is 16.3. The van der Waals surface area contributed by atoms with Crippen LogP contribution in [0.25, 0.3) is 0 Å². The number of phenolic OH excluding ortho intramolecular Hbond substituents is 1. The molecule has 7 nitrogen and oxygen atoms in total. The van der Waals surface area contributed by atoms with Gasteiger partial charge in [0.1, 0.15) is 17.8 Å². The summed E-state index contributed by atoms with van der Waals surface area (Å²) in [5.74, 6) is 0.259. The van der Waals surface area contributed by atoms with Crippen LogP contribution in [-0.2, 0) is 0 Å². The van der Waals surface area contributed by atoms with E-state index >= 15 is 0 Å². The molecule has 114 valence electrons. The lowest BCUT2D eigenvalue weighted by molar-refractivity contribution is -0.385. The molecule has 0 spiro atoms. The average Bonchev–Trinajstić information content (AvgIpc) is 2.49. The summed E-state index contributed by atoms with van der Waals surface area (Å²) in [6.07, 6.45) is 2.49. The minimum absolute atomic E-state index is 0.111. The first kappa shape index (κ1) is 16.0. The normalized spacial score (nSPS) is 10.9. The molecule has 1 heterocycles. The summed E-state index contributed by atoms with van der Waals surface area (Å²) in [5.41, 5.74) is 0.228. The van der Waals surface area contributed by atoms with E-state index in [-0.39, 0.29) is 16.5 Å². The maximum Gasteiger partial charge on any atom is 0.287 e. The van der Waals surface area contributed by atoms with E-state index in [0.29, 0.717) is 16.4 Å². The zero-order valence-corrected chi connectivity index (χ0v) is 12.8. The second kappa shape index (κ2) is 6.59. The third-order valence-corrected chi connectivity index (χ3v) is 3.21. The molecular weight excluding hydrogens is 331 g/mol. The van der Waals surface area contributed by atoms with Crippen LogP contribution in [0.1, 0.15) is 5.56 Å². The number of hydrazone groups is 1. The van der Waals surface area contributed by atoms with Crippen molar-refractivity contribution >= 4 is 40.9 Å². The number of phenols is 1. The molecule has 0 radical (unpaired) electrons. The van der Waals surface area contributed by atoms with E-state index < -0.39 is 4.92 Å². The van der Waals surface area contributed by atoms with E-state index in [1.54, 1.807) is 7.05 Å². The minimum Gasteiger partial charge on any atom is -0.506 e. The fourth-order valence-electron chi connectivity index (χ4n) is 1.57. The molecule has 9 heteroatoms. The van der Waals surface area contributed by atoms with Crippen LogP contribution >= 0.6 is 23.2 Å². The van der Waals surface area contributed by atoms with E-state index in [9.17, 15) is 15.2 Å². The lowest BCUT2D eigenvalue weighted by Crippen LogP contribution is -2.10. The van der Waals surface area contributed by atoms with Crippen molar-refractivity contribution in [1.29, 1.82) is 0 Å². The lowest BCUT2D eigenvalue weighted by atomic mass is 10.2. The summed E-state index contributed by atoms with van der Waals surface area (Å²) < 4.78 is 0. The number of benzene rings is 1. The third-order valence-electron chi connectivity index (χ3n) is 2.70. The van der Waals surface area contributed by atoms with Crippen molar-refractivity contribution in [3.05, 3.63) is 56.2 Å². The van der Waals surface area contributed by atoms with E-state index in [1.165, 1.54) is 35.5 Å². The van der Waals surface area contributed by atoms with E-state index in [2.05, 4.69) is 10.1 Å². The number of aromatic hydroxyl groups is 1. The number of aromatic nitrogens is 1. The Morgan fingerprint density at radius 1 is 1.41 bits per heavy atom. The predicted molar refractivity (Wildman–Crippen MR) is 85.0 cm³/mol. The number of nitro groups is 1. The van der Waals surface area contributed by atoms with Crippen LogP contribution in [0.3, 0.4) is 0 Å². The van der Waals surface area contributed by atoms with Crippen LogP contribution in [0.5, 0.6) is 5.75 Å². The van der Waals surface area contributed by atoms with E-state index in [0.717, 1.165) is 6.20 Å². The molecule has 0 aliphatic carbocycles. The van der Waals surface area contributed by atoms with Gasteiger partial charge in [-0.05, 0) is 18.2 Å². The van der Waals surface area contributed by atoms with Crippen molar-refractivity contribution in [3.63, 3.8) is 0 Å². The SMILES string of the molecule is CN(/N=C\c1cc(Cl)cc(Cl)c1O)c1ccc([N+](=O)[O-])cn1. The fourth-order valence-corrected chi connectivity index (χ4v) is 2.08. The molecule has 22 heavy (non-hydrogen) atoms. The number of hydrogen-bond acceptors (Lipinski definition) is 6. The summed E-state index contributed by atoms with van der Waals surface area (Å²) >= 11 is 11.7. The topological polar surface area (TPSA) is 91.9 Å². The van der Waals surface area contributed by atoms with Crippen molar-refractivity contribution in [2.24, 2.45) is 5.10 Å². The highest BCUT2D eigenvalue weighted by molar-refractivity contribution is 6.36. The van der Waals surface area contributed by atoms with Gasteiger partial charge in [0.2, 0.25) is 0 Å². The second-order valence-corrected chi connectivity index (χ2v) is 5.07. The zero-order valence-electron chi connectivity index (χ0n) is 11.3. The average molecular weight is 341 g/mol. The molecule has 0 unspecified atom stereocenters. The number of pyridine rings is 1. The molecule has 0 bridgehead atoms. The molecule has 0 aliphatic heterocycles. The summed E-state index contributed by atoms with van der Waals surface area (Å²) in [4.78, 5) is 14.0. The van der Waals surface area contributed by atoms with Crippen molar-refractivity contribution in [2.45, 2.75) is 0 Å². The van der Waals surface area contributed by atoms with Gasteiger partial charge < -0.3 is 5.11 Å². The molecule has 2 aromatic rings. The lowest BCUT2D eigenvalue weighted by Gasteiger charge is -2.11. The van der Waals surface area contributed by atoms with Crippen LogP contribution in [0.2, 0.25) is 10.0 Å². The summed E-state index contributed by atoms with van der Waals surface area (Å²) in [7, 11) is 1.61. The molecular formula is C13H10Cl2N4O3. The summed E-state index contributed by atoms with van der Waals surface area (Å²) in [6.45, 7) is 0. The van der Waals surface area contributed by atoms with Gasteiger partial charge in [-0.1, -0.05) is 23.2 Å². The van der Waals surface area contributed by atoms with Gasteiger partial charge in [0.25, 0.3) is 5.69 Å². The van der Waals surface area contributed by atoms with Gasteiger partial charge in [-0.15, -0.1) is 0 Å². The Morgan fingerprint density at radius 3 is 2.73 bits per heavy atom. The minimum atomic E-state index is -0.536. The Labute approximate surface area is 135 Å². The first-order chi connectivity index (χ1) is 10.4. The van der Waals surface area contributed by atoms with Gasteiger partial charge in [0.05, 0.1) is 16.2 Å². The van der Waals surface area contributed by atoms with Gasteiger partial charge >= 0.3 is 0 Å².